The molecule has 0 fully saturated rings. The van der Waals surface area contributed by atoms with Crippen LogP contribution in [0.3, 0.4) is 0 Å². The van der Waals surface area contributed by atoms with Crippen LogP contribution in [0.25, 0.3) is 0 Å². The van der Waals surface area contributed by atoms with E-state index in [4.69, 9.17) is 21.1 Å². The highest BCUT2D eigenvalue weighted by molar-refractivity contribution is 6.30. The van der Waals surface area contributed by atoms with Gasteiger partial charge in [0, 0.05) is 10.7 Å². The van der Waals surface area contributed by atoms with Crippen LogP contribution in [0.15, 0.2) is 65.9 Å². The fraction of sp³-hybridized carbons (Fsp3) is 0.158. The molecule has 25 heavy (non-hydrogen) atoms. The lowest BCUT2D eigenvalue weighted by molar-refractivity contribution is -0.142. The number of hydrogen-bond donors (Lipinski definition) is 1. The van der Waals surface area contributed by atoms with E-state index in [1.165, 1.54) is 0 Å². The number of hydrogen-bond acceptors (Lipinski definition) is 5. The molecule has 0 radical (unpaired) electrons. The topological polar surface area (TPSA) is 64.6 Å². The van der Waals surface area contributed by atoms with E-state index in [-0.39, 0.29) is 17.9 Å². The summed E-state index contributed by atoms with van der Waals surface area (Å²) in [5, 5.41) is 3.52. The van der Waals surface area contributed by atoms with Crippen molar-refractivity contribution in [2.24, 2.45) is 0 Å². The zero-order valence-electron chi connectivity index (χ0n) is 13.5. The normalized spacial score (nSPS) is 16.6. The van der Waals surface area contributed by atoms with Gasteiger partial charge in [-0.3, -0.25) is 0 Å². The number of carbonyl (C=O) groups is 2. The van der Waals surface area contributed by atoms with Crippen LogP contribution in [0.2, 0.25) is 5.02 Å². The van der Waals surface area contributed by atoms with Crippen LogP contribution in [0.5, 0.6) is 0 Å². The minimum Gasteiger partial charge on any atom is -0.462 e. The molecule has 0 saturated carbocycles. The molecule has 0 spiro atoms. The maximum Gasteiger partial charge on any atom is 0.356 e. The van der Waals surface area contributed by atoms with Gasteiger partial charge in [0.1, 0.15) is 11.3 Å². The number of nitrogens with one attached hydrogen (secondary N) is 1. The van der Waals surface area contributed by atoms with Crippen molar-refractivity contribution in [3.63, 3.8) is 0 Å². The zero-order valence-corrected chi connectivity index (χ0v) is 14.2. The van der Waals surface area contributed by atoms with Gasteiger partial charge in [-0.25, -0.2) is 9.59 Å². The number of ether oxygens (including phenoxy) is 2. The lowest BCUT2D eigenvalue weighted by atomic mass is 10.0. The average Bonchev–Trinajstić information content (AvgIpc) is 2.94. The summed E-state index contributed by atoms with van der Waals surface area (Å²) in [7, 11) is 0. The van der Waals surface area contributed by atoms with Crippen molar-refractivity contribution < 1.29 is 19.1 Å². The fourth-order valence-corrected chi connectivity index (χ4v) is 2.67. The standard InChI is InChI=1S/C19H16ClNO4/c1-2-24-18(22)15-16(21-14-10-8-13(20)9-11-14)19(23)25-17(15)12-6-4-3-5-7-12/h3-11,17,21H,2H2,1H3. The van der Waals surface area contributed by atoms with Gasteiger partial charge in [0.15, 0.2) is 6.10 Å². The molecule has 6 heteroatoms. The summed E-state index contributed by atoms with van der Waals surface area (Å²) in [4.78, 5) is 24.8. The predicted molar refractivity (Wildman–Crippen MR) is 94.0 cm³/mol. The summed E-state index contributed by atoms with van der Waals surface area (Å²) in [5.41, 5.74) is 1.56. The van der Waals surface area contributed by atoms with Gasteiger partial charge in [0.2, 0.25) is 0 Å². The van der Waals surface area contributed by atoms with Gasteiger partial charge in [-0.05, 0) is 36.8 Å². The third-order valence-electron chi connectivity index (χ3n) is 3.67. The fourth-order valence-electron chi connectivity index (χ4n) is 2.54. The van der Waals surface area contributed by atoms with Gasteiger partial charge in [0.05, 0.1) is 6.61 Å². The minimum atomic E-state index is -0.803. The predicted octanol–water partition coefficient (Wildman–Crippen LogP) is 3.87. The average molecular weight is 358 g/mol. The Hall–Kier alpha value is -2.79. The molecule has 5 nitrogen and oxygen atoms in total. The first-order valence-electron chi connectivity index (χ1n) is 7.80. The number of esters is 2. The third-order valence-corrected chi connectivity index (χ3v) is 3.92. The van der Waals surface area contributed by atoms with Crippen molar-refractivity contribution in [3.8, 4) is 0 Å². The maximum absolute atomic E-state index is 12.5. The van der Waals surface area contributed by atoms with E-state index in [1.54, 1.807) is 43.3 Å². The minimum absolute atomic E-state index is 0.0784. The summed E-state index contributed by atoms with van der Waals surface area (Å²) in [6.45, 7) is 1.91. The Bertz CT molecular complexity index is 815. The molecule has 0 aromatic heterocycles. The Balaban J connectivity index is 2.01. The molecule has 1 aliphatic heterocycles. The summed E-state index contributed by atoms with van der Waals surface area (Å²) in [6.07, 6.45) is -0.803. The van der Waals surface area contributed by atoms with E-state index in [2.05, 4.69) is 5.32 Å². The Morgan fingerprint density at radius 2 is 1.84 bits per heavy atom. The second kappa shape index (κ2) is 7.40. The molecule has 1 aliphatic rings. The smallest absolute Gasteiger partial charge is 0.356 e. The summed E-state index contributed by atoms with van der Waals surface area (Å²) < 4.78 is 10.6. The van der Waals surface area contributed by atoms with Gasteiger partial charge in [-0.2, -0.15) is 0 Å². The molecule has 1 atom stereocenters. The second-order valence-corrected chi connectivity index (χ2v) is 5.77. The third kappa shape index (κ3) is 3.67. The highest BCUT2D eigenvalue weighted by atomic mass is 35.5. The maximum atomic E-state index is 12.5. The van der Waals surface area contributed by atoms with Crippen molar-refractivity contribution in [1.29, 1.82) is 0 Å². The highest BCUT2D eigenvalue weighted by Crippen LogP contribution is 2.36. The van der Waals surface area contributed by atoms with E-state index in [0.717, 1.165) is 0 Å². The zero-order chi connectivity index (χ0) is 17.8. The molecule has 0 aliphatic carbocycles. The van der Waals surface area contributed by atoms with Crippen LogP contribution in [-0.4, -0.2) is 18.5 Å². The molecular weight excluding hydrogens is 342 g/mol. The number of cyclic esters (lactones) is 1. The van der Waals surface area contributed by atoms with Crippen LogP contribution < -0.4 is 5.32 Å². The molecular formula is C19H16ClNO4. The molecule has 0 amide bonds. The van der Waals surface area contributed by atoms with Gasteiger partial charge >= 0.3 is 11.9 Å². The molecule has 3 rings (SSSR count). The molecule has 1 N–H and O–H groups in total. The lowest BCUT2D eigenvalue weighted by Gasteiger charge is -2.13. The monoisotopic (exact) mass is 357 g/mol. The van der Waals surface area contributed by atoms with Crippen molar-refractivity contribution in [3.05, 3.63) is 76.5 Å². The van der Waals surface area contributed by atoms with Gasteiger partial charge in [-0.15, -0.1) is 0 Å². The van der Waals surface area contributed by atoms with Crippen molar-refractivity contribution in [2.45, 2.75) is 13.0 Å². The molecule has 1 unspecified atom stereocenters. The van der Waals surface area contributed by atoms with Gasteiger partial charge in [0.25, 0.3) is 0 Å². The SMILES string of the molecule is CCOC(=O)C1=C(Nc2ccc(Cl)cc2)C(=O)OC1c1ccccc1. The van der Waals surface area contributed by atoms with Crippen LogP contribution in [0.4, 0.5) is 5.69 Å². The quantitative estimate of drug-likeness (QED) is 0.823. The van der Waals surface area contributed by atoms with E-state index in [9.17, 15) is 9.59 Å². The molecule has 0 bridgehead atoms. The van der Waals surface area contributed by atoms with Crippen LogP contribution >= 0.6 is 11.6 Å². The van der Waals surface area contributed by atoms with Gasteiger partial charge in [-0.1, -0.05) is 41.9 Å². The number of benzene rings is 2. The van der Waals surface area contributed by atoms with E-state index in [1.807, 2.05) is 18.2 Å². The Labute approximate surface area is 150 Å². The Morgan fingerprint density at radius 3 is 2.48 bits per heavy atom. The van der Waals surface area contributed by atoms with Crippen molar-refractivity contribution >= 4 is 29.2 Å². The largest absolute Gasteiger partial charge is 0.462 e. The molecule has 1 heterocycles. The summed E-state index contributed by atoms with van der Waals surface area (Å²) in [6, 6.07) is 15.9. The Morgan fingerprint density at radius 1 is 1.16 bits per heavy atom. The first kappa shape index (κ1) is 17.0. The lowest BCUT2D eigenvalue weighted by Crippen LogP contribution is -2.16. The molecule has 2 aromatic rings. The first-order chi connectivity index (χ1) is 12.1. The highest BCUT2D eigenvalue weighted by Gasteiger charge is 2.40. The number of anilines is 1. The first-order valence-corrected chi connectivity index (χ1v) is 8.17. The van der Waals surface area contributed by atoms with Crippen LogP contribution in [0, 0.1) is 0 Å². The molecule has 2 aromatic carbocycles. The number of halogens is 1. The van der Waals surface area contributed by atoms with E-state index >= 15 is 0 Å². The van der Waals surface area contributed by atoms with E-state index in [0.29, 0.717) is 16.3 Å². The number of carbonyl (C=O) groups excluding carboxylic acids is 2. The Kier molecular flexibility index (Phi) is 5.05. The van der Waals surface area contributed by atoms with Crippen molar-refractivity contribution in [2.75, 3.05) is 11.9 Å². The van der Waals surface area contributed by atoms with Crippen LogP contribution in [-0.2, 0) is 19.1 Å². The molecule has 128 valence electrons. The number of rotatable bonds is 5. The summed E-state index contributed by atoms with van der Waals surface area (Å²) in [5.74, 6) is -1.19. The van der Waals surface area contributed by atoms with E-state index < -0.39 is 18.0 Å². The van der Waals surface area contributed by atoms with Gasteiger partial charge < -0.3 is 14.8 Å². The van der Waals surface area contributed by atoms with Crippen LogP contribution in [0.1, 0.15) is 18.6 Å². The second-order valence-electron chi connectivity index (χ2n) is 5.34. The van der Waals surface area contributed by atoms with Crippen molar-refractivity contribution in [1.82, 2.24) is 0 Å². The summed E-state index contributed by atoms with van der Waals surface area (Å²) >= 11 is 5.88. The molecule has 0 saturated heterocycles.